The molecule has 82 valence electrons. The zero-order chi connectivity index (χ0) is 10.7. The molecule has 0 spiro atoms. The van der Waals surface area contributed by atoms with Crippen molar-refractivity contribution in [3.05, 3.63) is 30.1 Å². The summed E-state index contributed by atoms with van der Waals surface area (Å²) < 4.78 is 0. The van der Waals surface area contributed by atoms with Crippen molar-refractivity contribution in [3.8, 4) is 0 Å². The molecule has 1 aliphatic carbocycles. The van der Waals surface area contributed by atoms with Gasteiger partial charge < -0.3 is 10.8 Å². The molecule has 0 radical (unpaired) electrons. The first-order chi connectivity index (χ1) is 7.22. The third-order valence-corrected chi connectivity index (χ3v) is 3.30. The van der Waals surface area contributed by atoms with E-state index >= 15 is 0 Å². The molecule has 15 heavy (non-hydrogen) atoms. The first kappa shape index (κ1) is 10.6. The lowest BCUT2D eigenvalue weighted by molar-refractivity contribution is 0.0553. The fraction of sp³-hybridized carbons (Fsp3) is 0.583. The Morgan fingerprint density at radius 3 is 2.60 bits per heavy atom. The summed E-state index contributed by atoms with van der Waals surface area (Å²) >= 11 is 0. The van der Waals surface area contributed by atoms with Crippen LogP contribution in [0.5, 0.6) is 0 Å². The molecule has 1 fully saturated rings. The summed E-state index contributed by atoms with van der Waals surface area (Å²) in [6, 6.07) is 5.58. The summed E-state index contributed by atoms with van der Waals surface area (Å²) in [5.74, 6) is 0. The Kier molecular flexibility index (Phi) is 3.03. The molecule has 2 rings (SSSR count). The van der Waals surface area contributed by atoms with E-state index in [0.29, 0.717) is 5.69 Å². The molecule has 1 aromatic rings. The second-order valence-corrected chi connectivity index (χ2v) is 4.45. The smallest absolute Gasteiger partial charge is 0.114 e. The maximum absolute atomic E-state index is 10.2. The van der Waals surface area contributed by atoms with Gasteiger partial charge in [0.15, 0.2) is 0 Å². The van der Waals surface area contributed by atoms with Gasteiger partial charge in [0, 0.05) is 11.7 Å². The predicted octanol–water partition coefficient (Wildman–Crippen LogP) is 1.78. The lowest BCUT2D eigenvalue weighted by Gasteiger charge is -2.37. The Balaban J connectivity index is 2.16. The van der Waals surface area contributed by atoms with Crippen LogP contribution >= 0.6 is 0 Å². The minimum Gasteiger partial charge on any atom is -0.385 e. The van der Waals surface area contributed by atoms with E-state index in [1.807, 2.05) is 18.2 Å². The summed E-state index contributed by atoms with van der Waals surface area (Å²) in [7, 11) is 0. The van der Waals surface area contributed by atoms with Gasteiger partial charge in [-0.3, -0.25) is 4.98 Å². The number of nitrogens with two attached hydrogens (primary N) is 1. The van der Waals surface area contributed by atoms with Crippen LogP contribution in [0.2, 0.25) is 0 Å². The van der Waals surface area contributed by atoms with Gasteiger partial charge in [0.1, 0.15) is 6.10 Å². The standard InChI is InChI=1S/C12H18N2O/c13-12(7-3-1-4-8-12)11(15)10-6-2-5-9-14-10/h2,5-6,9,11,15H,1,3-4,7-8,13H2. The van der Waals surface area contributed by atoms with E-state index in [1.165, 1.54) is 6.42 Å². The van der Waals surface area contributed by atoms with Crippen LogP contribution in [0.25, 0.3) is 0 Å². The highest BCUT2D eigenvalue weighted by Crippen LogP contribution is 2.35. The van der Waals surface area contributed by atoms with Crippen molar-refractivity contribution in [2.24, 2.45) is 5.73 Å². The molecule has 0 aliphatic heterocycles. The number of hydrogen-bond donors (Lipinski definition) is 2. The van der Waals surface area contributed by atoms with Gasteiger partial charge in [-0.25, -0.2) is 0 Å². The molecule has 1 saturated carbocycles. The molecular weight excluding hydrogens is 188 g/mol. The van der Waals surface area contributed by atoms with Crippen LogP contribution in [-0.2, 0) is 0 Å². The number of hydrogen-bond acceptors (Lipinski definition) is 3. The SMILES string of the molecule is NC1(C(O)c2ccccn2)CCCCC1. The van der Waals surface area contributed by atoms with E-state index in [4.69, 9.17) is 5.73 Å². The maximum Gasteiger partial charge on any atom is 0.114 e. The highest BCUT2D eigenvalue weighted by Gasteiger charge is 2.36. The van der Waals surface area contributed by atoms with Crippen molar-refractivity contribution in [2.45, 2.75) is 43.7 Å². The number of rotatable bonds is 2. The van der Waals surface area contributed by atoms with Gasteiger partial charge in [-0.1, -0.05) is 25.3 Å². The Labute approximate surface area is 90.3 Å². The van der Waals surface area contributed by atoms with Crippen LogP contribution in [0.3, 0.4) is 0 Å². The molecular formula is C12H18N2O. The fourth-order valence-electron chi connectivity index (χ4n) is 2.32. The average Bonchev–Trinajstić information content (AvgIpc) is 2.30. The molecule has 0 amide bonds. The first-order valence-electron chi connectivity index (χ1n) is 5.60. The normalized spacial score (nSPS) is 22.3. The molecule has 1 heterocycles. The van der Waals surface area contributed by atoms with Gasteiger partial charge in [0.05, 0.1) is 5.69 Å². The van der Waals surface area contributed by atoms with Crippen molar-refractivity contribution >= 4 is 0 Å². The van der Waals surface area contributed by atoms with Crippen LogP contribution in [0.1, 0.15) is 43.9 Å². The van der Waals surface area contributed by atoms with Gasteiger partial charge in [0.2, 0.25) is 0 Å². The highest BCUT2D eigenvalue weighted by atomic mass is 16.3. The molecule has 3 heteroatoms. The Hall–Kier alpha value is -0.930. The molecule has 3 N–H and O–H groups in total. The van der Waals surface area contributed by atoms with Crippen molar-refractivity contribution in [2.75, 3.05) is 0 Å². The lowest BCUT2D eigenvalue weighted by atomic mass is 9.77. The van der Waals surface area contributed by atoms with Crippen LogP contribution in [0.4, 0.5) is 0 Å². The molecule has 0 saturated heterocycles. The van der Waals surface area contributed by atoms with Crippen molar-refractivity contribution in [1.82, 2.24) is 4.98 Å². The van der Waals surface area contributed by atoms with Gasteiger partial charge >= 0.3 is 0 Å². The van der Waals surface area contributed by atoms with Crippen molar-refractivity contribution < 1.29 is 5.11 Å². The monoisotopic (exact) mass is 206 g/mol. The average molecular weight is 206 g/mol. The van der Waals surface area contributed by atoms with Crippen LogP contribution < -0.4 is 5.73 Å². The minimum atomic E-state index is -0.626. The summed E-state index contributed by atoms with van der Waals surface area (Å²) in [5, 5.41) is 10.2. The summed E-state index contributed by atoms with van der Waals surface area (Å²) in [6.45, 7) is 0. The summed E-state index contributed by atoms with van der Waals surface area (Å²) in [5.41, 5.74) is 6.48. The number of aliphatic hydroxyl groups excluding tert-OH is 1. The van der Waals surface area contributed by atoms with Gasteiger partial charge in [-0.05, 0) is 25.0 Å². The summed E-state index contributed by atoms with van der Waals surface area (Å²) in [6.07, 6.45) is 6.31. The van der Waals surface area contributed by atoms with Crippen LogP contribution in [-0.4, -0.2) is 15.6 Å². The molecule has 3 nitrogen and oxygen atoms in total. The van der Waals surface area contributed by atoms with Gasteiger partial charge in [-0.2, -0.15) is 0 Å². The molecule has 0 aromatic carbocycles. The molecule has 1 aromatic heterocycles. The molecule has 1 aliphatic rings. The van der Waals surface area contributed by atoms with Crippen LogP contribution in [0.15, 0.2) is 24.4 Å². The van der Waals surface area contributed by atoms with E-state index in [0.717, 1.165) is 25.7 Å². The topological polar surface area (TPSA) is 59.1 Å². The third kappa shape index (κ3) is 2.19. The van der Waals surface area contributed by atoms with Crippen molar-refractivity contribution in [1.29, 1.82) is 0 Å². The fourth-order valence-corrected chi connectivity index (χ4v) is 2.32. The van der Waals surface area contributed by atoms with Crippen molar-refractivity contribution in [3.63, 3.8) is 0 Å². The van der Waals surface area contributed by atoms with Gasteiger partial charge in [0.25, 0.3) is 0 Å². The molecule has 1 atom stereocenters. The Bertz CT molecular complexity index is 307. The Morgan fingerprint density at radius 1 is 1.27 bits per heavy atom. The predicted molar refractivity (Wildman–Crippen MR) is 59.2 cm³/mol. The number of aromatic nitrogens is 1. The van der Waals surface area contributed by atoms with E-state index in [2.05, 4.69) is 4.98 Å². The van der Waals surface area contributed by atoms with E-state index in [-0.39, 0.29) is 0 Å². The number of aliphatic hydroxyl groups is 1. The molecule has 1 unspecified atom stereocenters. The summed E-state index contributed by atoms with van der Waals surface area (Å²) in [4.78, 5) is 4.17. The second kappa shape index (κ2) is 4.29. The Morgan fingerprint density at radius 2 is 2.00 bits per heavy atom. The first-order valence-corrected chi connectivity index (χ1v) is 5.60. The quantitative estimate of drug-likeness (QED) is 0.775. The highest BCUT2D eigenvalue weighted by molar-refractivity contribution is 5.13. The number of nitrogens with zero attached hydrogens (tertiary/aromatic N) is 1. The van der Waals surface area contributed by atoms with E-state index in [1.54, 1.807) is 6.20 Å². The maximum atomic E-state index is 10.2. The van der Waals surface area contributed by atoms with E-state index in [9.17, 15) is 5.11 Å². The lowest BCUT2D eigenvalue weighted by Crippen LogP contribution is -2.47. The zero-order valence-electron chi connectivity index (χ0n) is 8.89. The molecule has 0 bridgehead atoms. The number of pyridine rings is 1. The second-order valence-electron chi connectivity index (χ2n) is 4.45. The van der Waals surface area contributed by atoms with Gasteiger partial charge in [-0.15, -0.1) is 0 Å². The minimum absolute atomic E-state index is 0.466. The van der Waals surface area contributed by atoms with E-state index < -0.39 is 11.6 Å². The van der Waals surface area contributed by atoms with Crippen LogP contribution in [0, 0.1) is 0 Å². The largest absolute Gasteiger partial charge is 0.385 e. The third-order valence-electron chi connectivity index (χ3n) is 3.30. The zero-order valence-corrected chi connectivity index (χ0v) is 8.89.